The Labute approximate surface area is 486 Å². The van der Waals surface area contributed by atoms with E-state index < -0.39 is 131 Å². The molecule has 23 heteroatoms. The van der Waals surface area contributed by atoms with Crippen molar-refractivity contribution in [1.82, 2.24) is 26.6 Å². The zero-order chi connectivity index (χ0) is 60.9. The lowest BCUT2D eigenvalue weighted by Crippen LogP contribution is -2.71. The van der Waals surface area contributed by atoms with Crippen molar-refractivity contribution in [2.24, 2.45) is 40.1 Å². The fourth-order valence-corrected chi connectivity index (χ4v) is 13.2. The number of urea groups is 1. The number of aliphatic hydroxyl groups is 1. The van der Waals surface area contributed by atoms with Gasteiger partial charge >= 0.3 is 12.1 Å². The first-order chi connectivity index (χ1) is 39.3. The van der Waals surface area contributed by atoms with E-state index in [9.17, 15) is 43.5 Å². The van der Waals surface area contributed by atoms with Crippen LogP contribution in [0.3, 0.4) is 0 Å². The third kappa shape index (κ3) is 15.3. The number of amides is 7. The molecule has 0 aromatic heterocycles. The molecule has 7 amide bonds. The summed E-state index contributed by atoms with van der Waals surface area (Å²) in [6, 6.07) is 2.36. The standard InChI is InChI=1S/C60H90F2N8O13/c1-8-10-11-12-17-36(5)80-34-49(74)65-26-14-13-18-44(63)52(75)70-51(35(3)4)54(77)69-45(19-15-27-66-55(64)78)53(76)68-38-22-20-37(21-23-38)33-81-56(79)67-32-47(73)60-48(82-50(83-60)16-9-2)30-40-41-29-43(61)42-28-39(71)24-25-57(42,6)59(41,62)46(72)31-58(40,60)7/h20-25,28,35-36,40-41,43-46,48,50-51,72H,8-19,26-27,29-34,63H2,1-7H3,(H,65,74)(H,67,79)(H,68,76)(H,69,77)(H,70,75)(H3,64,66,78)/t36?,40-,41-,43-,44+,45-,46-,48+,50?,51-,57-,58-,59-,60?/m0/s1. The zero-order valence-corrected chi connectivity index (χ0v) is 49.3. The number of unbranched alkanes of at least 4 members (excludes halogenated alkanes) is 4. The summed E-state index contributed by atoms with van der Waals surface area (Å²) < 4.78 is 58.1. The first-order valence-corrected chi connectivity index (χ1v) is 29.8. The van der Waals surface area contributed by atoms with Crippen molar-refractivity contribution in [3.63, 3.8) is 0 Å². The summed E-state index contributed by atoms with van der Waals surface area (Å²) in [4.78, 5) is 105. The van der Waals surface area contributed by atoms with E-state index in [4.69, 9.17) is 30.4 Å². The predicted octanol–water partition coefficient (Wildman–Crippen LogP) is 5.69. The summed E-state index contributed by atoms with van der Waals surface area (Å²) in [5, 5.41) is 27.9. The number of allylic oxidation sites excluding steroid dienone is 4. The van der Waals surface area contributed by atoms with Crippen molar-refractivity contribution in [1.29, 1.82) is 0 Å². The third-order valence-corrected chi connectivity index (χ3v) is 17.8. The highest BCUT2D eigenvalue weighted by Gasteiger charge is 2.80. The Hall–Kier alpha value is -5.88. The van der Waals surface area contributed by atoms with Crippen LogP contribution < -0.4 is 43.4 Å². The smallest absolute Gasteiger partial charge is 0.407 e. The SMILES string of the molecule is CCCCCCC(C)OCC(=O)NCCCC[C@@H](N)C(=O)N[C@H](C(=O)N[C@@H](CCCNC(N)=O)C(=O)Nc1ccc(COC(=O)NCC(=O)C23OC(CCC)O[C@@H]2C[C@H]2[C@@H]4C[C@H](F)C5=CC(=O)C=C[C@]5(C)[C@@]4(F)[C@@H](O)C[C@@]23C)cc1)C(C)C. The van der Waals surface area contributed by atoms with Crippen molar-refractivity contribution < 1.29 is 71.2 Å². The first-order valence-electron chi connectivity index (χ1n) is 29.8. The van der Waals surface area contributed by atoms with Crippen molar-refractivity contribution in [2.45, 2.75) is 212 Å². The number of primary amides is 1. The molecule has 1 aromatic carbocycles. The second-order valence-electron chi connectivity index (χ2n) is 24.0. The number of nitrogens with two attached hydrogens (primary N) is 2. The number of benzene rings is 1. The average Bonchev–Trinajstić information content (AvgIpc) is 3.94. The Kier molecular flexibility index (Phi) is 23.4. The van der Waals surface area contributed by atoms with Gasteiger partial charge in [-0.1, -0.05) is 84.9 Å². The van der Waals surface area contributed by atoms with E-state index >= 15 is 8.78 Å². The molecule has 1 aliphatic heterocycles. The van der Waals surface area contributed by atoms with Gasteiger partial charge in [0.2, 0.25) is 23.6 Å². The van der Waals surface area contributed by atoms with Crippen LogP contribution >= 0.6 is 0 Å². The number of nitrogens with one attached hydrogen (secondary N) is 6. The second kappa shape index (κ2) is 29.3. The number of carbonyl (C=O) groups excluding carboxylic acids is 8. The number of hydrogen-bond acceptors (Lipinski definition) is 14. The van der Waals surface area contributed by atoms with Crippen LogP contribution in [0, 0.1) is 28.6 Å². The number of alkyl carbamates (subject to hydrolysis) is 1. The first kappa shape index (κ1) is 66.3. The second-order valence-corrected chi connectivity index (χ2v) is 24.0. The quantitative estimate of drug-likeness (QED) is 0.0404. The largest absolute Gasteiger partial charge is 0.445 e. The van der Waals surface area contributed by atoms with Gasteiger partial charge in [-0.25, -0.2) is 18.4 Å². The van der Waals surface area contributed by atoms with Gasteiger partial charge in [0.25, 0.3) is 0 Å². The van der Waals surface area contributed by atoms with Crippen LogP contribution in [0.25, 0.3) is 0 Å². The fourth-order valence-electron chi connectivity index (χ4n) is 13.2. The number of halogens is 2. The molecule has 0 bridgehead atoms. The highest BCUT2D eigenvalue weighted by Crippen LogP contribution is 2.72. The Morgan fingerprint density at radius 1 is 0.843 bits per heavy atom. The van der Waals surface area contributed by atoms with E-state index in [-0.39, 0.29) is 75.9 Å². The minimum absolute atomic E-state index is 0.00935. The van der Waals surface area contributed by atoms with Crippen LogP contribution in [0.2, 0.25) is 0 Å². The summed E-state index contributed by atoms with van der Waals surface area (Å²) in [6.07, 6.45) is 5.47. The van der Waals surface area contributed by atoms with Crippen molar-refractivity contribution >= 4 is 53.0 Å². The molecule has 0 radical (unpaired) electrons. The fraction of sp³-hybridized carbons (Fsp3) is 0.700. The molecule has 83 heavy (non-hydrogen) atoms. The zero-order valence-electron chi connectivity index (χ0n) is 49.3. The van der Waals surface area contributed by atoms with E-state index in [2.05, 4.69) is 38.8 Å². The summed E-state index contributed by atoms with van der Waals surface area (Å²) in [5.74, 6) is -5.23. The molecule has 462 valence electrons. The molecule has 14 atom stereocenters. The van der Waals surface area contributed by atoms with E-state index in [1.54, 1.807) is 45.0 Å². The van der Waals surface area contributed by atoms with Crippen molar-refractivity contribution in [3.05, 3.63) is 53.6 Å². The molecule has 1 saturated heterocycles. The summed E-state index contributed by atoms with van der Waals surface area (Å²) in [7, 11) is 0. The number of Topliss-reactive ketones (excluding diaryl/α,β-unsaturated/α-hetero) is 1. The Bertz CT molecular complexity index is 2540. The van der Waals surface area contributed by atoms with Crippen LogP contribution in [0.1, 0.15) is 150 Å². The van der Waals surface area contributed by atoms with Gasteiger partial charge in [-0.3, -0.25) is 28.8 Å². The van der Waals surface area contributed by atoms with E-state index in [1.807, 2.05) is 13.8 Å². The molecule has 0 spiro atoms. The van der Waals surface area contributed by atoms with E-state index in [0.29, 0.717) is 43.5 Å². The number of rotatable bonds is 31. The minimum atomic E-state index is -2.38. The number of fused-ring (bicyclic) bond motifs is 7. The highest BCUT2D eigenvalue weighted by atomic mass is 19.1. The van der Waals surface area contributed by atoms with Crippen LogP contribution in [-0.4, -0.2) is 139 Å². The van der Waals surface area contributed by atoms with Gasteiger partial charge in [-0.05, 0) is 125 Å². The monoisotopic (exact) mass is 1170 g/mol. The summed E-state index contributed by atoms with van der Waals surface area (Å²) in [6.45, 7) is 12.4. The molecule has 3 saturated carbocycles. The lowest BCUT2D eigenvalue weighted by molar-refractivity contribution is -0.233. The van der Waals surface area contributed by atoms with Crippen LogP contribution in [0.15, 0.2) is 48.1 Å². The van der Waals surface area contributed by atoms with Crippen LogP contribution in [-0.2, 0) is 54.3 Å². The normalized spacial score (nSPS) is 29.1. The molecule has 4 aliphatic carbocycles. The maximum absolute atomic E-state index is 17.9. The van der Waals surface area contributed by atoms with Gasteiger partial charge in [0.05, 0.1) is 30.9 Å². The molecule has 11 N–H and O–H groups in total. The van der Waals surface area contributed by atoms with Crippen LogP contribution in [0.5, 0.6) is 0 Å². The molecule has 1 aromatic rings. The van der Waals surface area contributed by atoms with Gasteiger partial charge in [-0.15, -0.1) is 0 Å². The number of ether oxygens (including phenoxy) is 4. The topological polar surface area (TPSA) is 318 Å². The minimum Gasteiger partial charge on any atom is -0.445 e. The highest BCUT2D eigenvalue weighted by molar-refractivity contribution is 6.01. The molecule has 21 nitrogen and oxygen atoms in total. The predicted molar refractivity (Wildman–Crippen MR) is 304 cm³/mol. The molecular weight excluding hydrogens is 1080 g/mol. The van der Waals surface area contributed by atoms with Crippen molar-refractivity contribution in [2.75, 3.05) is 31.6 Å². The molecule has 5 aliphatic rings. The Balaban J connectivity index is 0.998. The molecular formula is C60H90F2N8O13. The number of aliphatic hydroxyl groups excluding tert-OH is 1. The molecule has 6 rings (SSSR count). The maximum Gasteiger partial charge on any atom is 0.407 e. The summed E-state index contributed by atoms with van der Waals surface area (Å²) in [5.41, 5.74) is 5.28. The molecule has 4 fully saturated rings. The van der Waals surface area contributed by atoms with Gasteiger partial charge in [0.1, 0.15) is 31.5 Å². The van der Waals surface area contributed by atoms with Crippen LogP contribution in [0.4, 0.5) is 24.1 Å². The number of ketones is 2. The van der Waals surface area contributed by atoms with E-state index in [1.165, 1.54) is 25.5 Å². The maximum atomic E-state index is 17.9. The van der Waals surface area contributed by atoms with Gasteiger partial charge in [0, 0.05) is 35.5 Å². The number of alkyl halides is 2. The average molecular weight is 1170 g/mol. The number of carbonyl (C=O) groups is 8. The van der Waals surface area contributed by atoms with E-state index in [0.717, 1.165) is 31.8 Å². The van der Waals surface area contributed by atoms with Crippen molar-refractivity contribution in [3.8, 4) is 0 Å². The van der Waals surface area contributed by atoms with Gasteiger partial charge in [-0.2, -0.15) is 0 Å². The summed E-state index contributed by atoms with van der Waals surface area (Å²) >= 11 is 0. The molecule has 3 unspecified atom stereocenters. The molecule has 1 heterocycles. The lowest BCUT2D eigenvalue weighted by atomic mass is 9.44. The number of hydrogen-bond donors (Lipinski definition) is 9. The lowest BCUT2D eigenvalue weighted by Gasteiger charge is -2.63. The number of anilines is 1. The van der Waals surface area contributed by atoms with Gasteiger partial charge < -0.3 is 67.4 Å². The Morgan fingerprint density at radius 3 is 2.24 bits per heavy atom. The van der Waals surface area contributed by atoms with Gasteiger partial charge in [0.15, 0.2) is 29.1 Å². The Morgan fingerprint density at radius 2 is 1.55 bits per heavy atom. The third-order valence-electron chi connectivity index (χ3n) is 17.8.